The topological polar surface area (TPSA) is 84.6 Å². The van der Waals surface area contributed by atoms with Gasteiger partial charge in [0.1, 0.15) is 11.5 Å². The van der Waals surface area contributed by atoms with E-state index in [1.807, 2.05) is 0 Å². The molecule has 6 heteroatoms. The molecule has 0 saturated carbocycles. The Morgan fingerprint density at radius 2 is 2.24 bits per heavy atom. The summed E-state index contributed by atoms with van der Waals surface area (Å²) >= 11 is 4.74. The van der Waals surface area contributed by atoms with Gasteiger partial charge in [-0.3, -0.25) is 4.79 Å². The van der Waals surface area contributed by atoms with E-state index < -0.39 is 11.9 Å². The minimum atomic E-state index is -0.457. The maximum atomic E-state index is 11.8. The van der Waals surface area contributed by atoms with Crippen molar-refractivity contribution >= 4 is 23.1 Å². The maximum Gasteiger partial charge on any atom is 0.255 e. The highest BCUT2D eigenvalue weighted by molar-refractivity contribution is 7.80. The molecule has 1 aromatic carbocycles. The van der Waals surface area contributed by atoms with Crippen LogP contribution in [0.1, 0.15) is 17.3 Å². The standard InChI is InChI=1S/C11H14N2O3S/c1-6(10(12)17)13-11(15)8-5-7(16-2)3-4-9(8)14/h3-6,14H,1-2H3,(H2,12,17)(H,13,15). The second kappa shape index (κ2) is 5.49. The monoisotopic (exact) mass is 254 g/mol. The lowest BCUT2D eigenvalue weighted by atomic mass is 10.1. The van der Waals surface area contributed by atoms with Crippen LogP contribution < -0.4 is 15.8 Å². The number of carbonyl (C=O) groups is 1. The van der Waals surface area contributed by atoms with E-state index >= 15 is 0 Å². The van der Waals surface area contributed by atoms with E-state index in [9.17, 15) is 9.90 Å². The molecule has 1 amide bonds. The van der Waals surface area contributed by atoms with Crippen LogP contribution >= 0.6 is 12.2 Å². The Labute approximate surface area is 105 Å². The number of benzene rings is 1. The van der Waals surface area contributed by atoms with Crippen molar-refractivity contribution in [2.24, 2.45) is 5.73 Å². The number of aromatic hydroxyl groups is 1. The summed E-state index contributed by atoms with van der Waals surface area (Å²) in [6.07, 6.45) is 0. The van der Waals surface area contributed by atoms with E-state index in [-0.39, 0.29) is 16.3 Å². The van der Waals surface area contributed by atoms with Crippen molar-refractivity contribution in [3.05, 3.63) is 23.8 Å². The first kappa shape index (κ1) is 13.2. The van der Waals surface area contributed by atoms with E-state index in [1.165, 1.54) is 19.2 Å². The van der Waals surface area contributed by atoms with Crippen molar-refractivity contribution in [2.75, 3.05) is 7.11 Å². The fourth-order valence-electron chi connectivity index (χ4n) is 1.17. The molecule has 0 saturated heterocycles. The average Bonchev–Trinajstić information content (AvgIpc) is 2.29. The number of phenols is 1. The maximum absolute atomic E-state index is 11.8. The first-order valence-corrected chi connectivity index (χ1v) is 5.33. The van der Waals surface area contributed by atoms with E-state index in [1.54, 1.807) is 13.0 Å². The van der Waals surface area contributed by atoms with Crippen molar-refractivity contribution in [2.45, 2.75) is 13.0 Å². The van der Waals surface area contributed by atoms with Gasteiger partial charge in [0, 0.05) is 0 Å². The fourth-order valence-corrected chi connectivity index (χ4v) is 1.23. The first-order chi connectivity index (χ1) is 7.95. The molecule has 0 radical (unpaired) electrons. The number of nitrogens with two attached hydrogens (primary N) is 1. The zero-order valence-corrected chi connectivity index (χ0v) is 10.4. The van der Waals surface area contributed by atoms with Crippen LogP contribution in [0.3, 0.4) is 0 Å². The van der Waals surface area contributed by atoms with Gasteiger partial charge in [-0.15, -0.1) is 0 Å². The normalized spacial score (nSPS) is 11.6. The molecule has 0 spiro atoms. The molecule has 1 atom stereocenters. The molecule has 0 fully saturated rings. The summed E-state index contributed by atoms with van der Waals surface area (Å²) in [6.45, 7) is 1.66. The molecule has 17 heavy (non-hydrogen) atoms. The Bertz CT molecular complexity index is 448. The Kier molecular flexibility index (Phi) is 4.28. The van der Waals surface area contributed by atoms with Gasteiger partial charge in [-0.2, -0.15) is 0 Å². The molecule has 0 aliphatic rings. The van der Waals surface area contributed by atoms with Crippen LogP contribution in [-0.4, -0.2) is 29.2 Å². The molecule has 92 valence electrons. The molecule has 0 aliphatic carbocycles. The molecule has 0 aromatic heterocycles. The molecular weight excluding hydrogens is 240 g/mol. The van der Waals surface area contributed by atoms with E-state index in [0.717, 1.165) is 0 Å². The number of amides is 1. The summed E-state index contributed by atoms with van der Waals surface area (Å²) in [5, 5.41) is 12.1. The SMILES string of the molecule is COc1ccc(O)c(C(=O)NC(C)C(N)=S)c1. The number of hydrogen-bond donors (Lipinski definition) is 3. The first-order valence-electron chi connectivity index (χ1n) is 4.93. The summed E-state index contributed by atoms with van der Waals surface area (Å²) in [5.41, 5.74) is 5.50. The second-order valence-corrected chi connectivity index (χ2v) is 3.95. The van der Waals surface area contributed by atoms with Gasteiger partial charge in [0.05, 0.1) is 23.7 Å². The Morgan fingerprint density at radius 3 is 2.76 bits per heavy atom. The minimum Gasteiger partial charge on any atom is -0.507 e. The van der Waals surface area contributed by atoms with Gasteiger partial charge in [-0.1, -0.05) is 12.2 Å². The number of carbonyl (C=O) groups excluding carboxylic acids is 1. The van der Waals surface area contributed by atoms with Gasteiger partial charge >= 0.3 is 0 Å². The molecule has 5 nitrogen and oxygen atoms in total. The third kappa shape index (κ3) is 3.32. The van der Waals surface area contributed by atoms with Crippen molar-refractivity contribution in [1.82, 2.24) is 5.32 Å². The highest BCUT2D eigenvalue weighted by Crippen LogP contribution is 2.22. The number of ether oxygens (including phenoxy) is 1. The van der Waals surface area contributed by atoms with Crippen LogP contribution in [0, 0.1) is 0 Å². The highest BCUT2D eigenvalue weighted by Gasteiger charge is 2.15. The fraction of sp³-hybridized carbons (Fsp3) is 0.273. The van der Waals surface area contributed by atoms with Gasteiger partial charge in [-0.25, -0.2) is 0 Å². The second-order valence-electron chi connectivity index (χ2n) is 3.48. The van der Waals surface area contributed by atoms with Crippen LogP contribution in [0.15, 0.2) is 18.2 Å². The largest absolute Gasteiger partial charge is 0.507 e. The number of hydrogen-bond acceptors (Lipinski definition) is 4. The van der Waals surface area contributed by atoms with E-state index in [0.29, 0.717) is 5.75 Å². The molecule has 1 aromatic rings. The Balaban J connectivity index is 2.91. The lowest BCUT2D eigenvalue weighted by Crippen LogP contribution is -2.41. The zero-order chi connectivity index (χ0) is 13.0. The van der Waals surface area contributed by atoms with Gasteiger partial charge in [0.25, 0.3) is 5.91 Å². The van der Waals surface area contributed by atoms with Crippen molar-refractivity contribution < 1.29 is 14.6 Å². The van der Waals surface area contributed by atoms with Gasteiger partial charge < -0.3 is 20.9 Å². The smallest absolute Gasteiger partial charge is 0.255 e. The third-order valence-corrected chi connectivity index (χ3v) is 2.58. The molecule has 4 N–H and O–H groups in total. The lowest BCUT2D eigenvalue weighted by molar-refractivity contribution is 0.0946. The number of rotatable bonds is 4. The van der Waals surface area contributed by atoms with E-state index in [2.05, 4.69) is 5.32 Å². The Morgan fingerprint density at radius 1 is 1.59 bits per heavy atom. The summed E-state index contributed by atoms with van der Waals surface area (Å²) in [4.78, 5) is 12.0. The van der Waals surface area contributed by atoms with Gasteiger partial charge in [0.15, 0.2) is 0 Å². The molecule has 0 heterocycles. The zero-order valence-electron chi connectivity index (χ0n) is 9.56. The summed E-state index contributed by atoms with van der Waals surface area (Å²) < 4.78 is 4.97. The molecule has 0 bridgehead atoms. The summed E-state index contributed by atoms with van der Waals surface area (Å²) in [7, 11) is 1.48. The molecule has 1 rings (SSSR count). The highest BCUT2D eigenvalue weighted by atomic mass is 32.1. The van der Waals surface area contributed by atoms with Crippen LogP contribution in [0.2, 0.25) is 0 Å². The van der Waals surface area contributed by atoms with Gasteiger partial charge in [-0.05, 0) is 25.1 Å². The van der Waals surface area contributed by atoms with Crippen molar-refractivity contribution in [3.8, 4) is 11.5 Å². The molecule has 0 aliphatic heterocycles. The number of methoxy groups -OCH3 is 1. The Hall–Kier alpha value is -1.82. The van der Waals surface area contributed by atoms with Crippen LogP contribution in [0.5, 0.6) is 11.5 Å². The lowest BCUT2D eigenvalue weighted by Gasteiger charge is -2.13. The van der Waals surface area contributed by atoms with E-state index in [4.69, 9.17) is 22.7 Å². The third-order valence-electron chi connectivity index (χ3n) is 2.22. The molecule has 1 unspecified atom stereocenters. The predicted molar refractivity (Wildman–Crippen MR) is 68.4 cm³/mol. The number of thiocarbonyl (C=S) groups is 1. The number of nitrogens with one attached hydrogen (secondary N) is 1. The van der Waals surface area contributed by atoms with Crippen LogP contribution in [-0.2, 0) is 0 Å². The van der Waals surface area contributed by atoms with Crippen LogP contribution in [0.25, 0.3) is 0 Å². The van der Waals surface area contributed by atoms with Crippen molar-refractivity contribution in [3.63, 3.8) is 0 Å². The summed E-state index contributed by atoms with van der Waals surface area (Å²) in [6, 6.07) is 3.95. The van der Waals surface area contributed by atoms with Gasteiger partial charge in [0.2, 0.25) is 0 Å². The average molecular weight is 254 g/mol. The quantitative estimate of drug-likeness (QED) is 0.692. The predicted octanol–water partition coefficient (Wildman–Crippen LogP) is 0.805. The minimum absolute atomic E-state index is 0.118. The molecular formula is C11H14N2O3S. The van der Waals surface area contributed by atoms with Crippen molar-refractivity contribution in [1.29, 1.82) is 0 Å². The summed E-state index contributed by atoms with van der Waals surface area (Å²) in [5.74, 6) is -0.101. The number of phenolic OH excluding ortho intramolecular Hbond substituents is 1. The van der Waals surface area contributed by atoms with Crippen LogP contribution in [0.4, 0.5) is 0 Å².